The Morgan fingerprint density at radius 3 is 2.89 bits per heavy atom. The number of carbonyl (C=O) groups excluding carboxylic acids is 1. The summed E-state index contributed by atoms with van der Waals surface area (Å²) >= 11 is 0. The molecule has 0 N–H and O–H groups in total. The van der Waals surface area contributed by atoms with E-state index in [-0.39, 0.29) is 5.91 Å². The van der Waals surface area contributed by atoms with Crippen molar-refractivity contribution in [1.82, 2.24) is 19.7 Å². The Labute approximate surface area is 166 Å². The highest BCUT2D eigenvalue weighted by Gasteiger charge is 2.27. The first-order valence-corrected chi connectivity index (χ1v) is 10.5. The summed E-state index contributed by atoms with van der Waals surface area (Å²) in [6.45, 7) is 3.76. The van der Waals surface area contributed by atoms with Gasteiger partial charge in [-0.25, -0.2) is 4.98 Å². The van der Waals surface area contributed by atoms with Gasteiger partial charge in [-0.2, -0.15) is 5.10 Å². The zero-order chi connectivity index (χ0) is 19.5. The summed E-state index contributed by atoms with van der Waals surface area (Å²) < 4.78 is 7.82. The third-order valence-electron chi connectivity index (χ3n) is 6.14. The molecule has 1 saturated carbocycles. The van der Waals surface area contributed by atoms with Gasteiger partial charge in [0.15, 0.2) is 0 Å². The second-order valence-electron chi connectivity index (χ2n) is 8.16. The minimum atomic E-state index is 0.286. The average molecular weight is 383 g/mol. The lowest BCUT2D eigenvalue weighted by molar-refractivity contribution is -0.132. The molecule has 0 aromatic carbocycles. The van der Waals surface area contributed by atoms with Crippen molar-refractivity contribution in [2.24, 2.45) is 13.0 Å². The first kappa shape index (κ1) is 19.0. The van der Waals surface area contributed by atoms with Gasteiger partial charge >= 0.3 is 0 Å². The van der Waals surface area contributed by atoms with E-state index < -0.39 is 0 Å². The Morgan fingerprint density at radius 2 is 2.11 bits per heavy atom. The van der Waals surface area contributed by atoms with Gasteiger partial charge in [0.2, 0.25) is 11.8 Å². The van der Waals surface area contributed by atoms with Gasteiger partial charge < -0.3 is 9.64 Å². The molecule has 1 aliphatic carbocycles. The molecule has 0 saturated heterocycles. The lowest BCUT2D eigenvalue weighted by Crippen LogP contribution is -2.36. The topological polar surface area (TPSA) is 60.2 Å². The maximum atomic E-state index is 12.8. The summed E-state index contributed by atoms with van der Waals surface area (Å²) in [7, 11) is 1.98. The molecule has 1 amide bonds. The Hall–Kier alpha value is -2.37. The van der Waals surface area contributed by atoms with Gasteiger partial charge in [-0.3, -0.25) is 9.48 Å². The van der Waals surface area contributed by atoms with Crippen molar-refractivity contribution in [3.8, 4) is 5.88 Å². The fraction of sp³-hybridized carbons (Fsp3) is 0.591. The molecule has 150 valence electrons. The van der Waals surface area contributed by atoms with Crippen LogP contribution in [0, 0.1) is 12.8 Å². The molecule has 28 heavy (non-hydrogen) atoms. The predicted octanol–water partition coefficient (Wildman–Crippen LogP) is 3.56. The normalized spacial score (nSPS) is 17.0. The Balaban J connectivity index is 1.40. The average Bonchev–Trinajstić information content (AvgIpc) is 3.32. The summed E-state index contributed by atoms with van der Waals surface area (Å²) in [6, 6.07) is 5.75. The quantitative estimate of drug-likeness (QED) is 0.766. The number of aryl methyl sites for hydroxylation is 2. The Bertz CT molecular complexity index is 839. The van der Waals surface area contributed by atoms with E-state index in [0.717, 1.165) is 42.3 Å². The molecule has 2 aromatic heterocycles. The molecule has 2 aromatic rings. The molecule has 0 bridgehead atoms. The van der Waals surface area contributed by atoms with Crippen molar-refractivity contribution < 1.29 is 9.53 Å². The molecule has 4 rings (SSSR count). The van der Waals surface area contributed by atoms with Gasteiger partial charge in [0.25, 0.3) is 0 Å². The van der Waals surface area contributed by atoms with Crippen LogP contribution in [0.3, 0.4) is 0 Å². The molecule has 1 fully saturated rings. The Kier molecular flexibility index (Phi) is 5.64. The summed E-state index contributed by atoms with van der Waals surface area (Å²) in [6.07, 6.45) is 7.85. The van der Waals surface area contributed by atoms with Gasteiger partial charge in [-0.15, -0.1) is 0 Å². The van der Waals surface area contributed by atoms with Gasteiger partial charge in [0.05, 0.1) is 0 Å². The molecule has 0 unspecified atom stereocenters. The molecular weight excluding hydrogens is 352 g/mol. The summed E-state index contributed by atoms with van der Waals surface area (Å²) in [4.78, 5) is 19.2. The van der Waals surface area contributed by atoms with E-state index in [1.807, 2.05) is 41.8 Å². The van der Waals surface area contributed by atoms with E-state index in [4.69, 9.17) is 4.74 Å². The molecule has 0 atom stereocenters. The fourth-order valence-corrected chi connectivity index (χ4v) is 4.52. The molecule has 2 aliphatic rings. The highest BCUT2D eigenvalue weighted by molar-refractivity contribution is 5.76. The van der Waals surface area contributed by atoms with Gasteiger partial charge in [-0.05, 0) is 25.3 Å². The summed E-state index contributed by atoms with van der Waals surface area (Å²) in [5.41, 5.74) is 4.21. The first-order chi connectivity index (χ1) is 13.6. The Morgan fingerprint density at radius 1 is 1.29 bits per heavy atom. The number of hydrogen-bond donors (Lipinski definition) is 0. The number of carbonyl (C=O) groups is 1. The van der Waals surface area contributed by atoms with E-state index >= 15 is 0 Å². The van der Waals surface area contributed by atoms with Crippen molar-refractivity contribution in [3.63, 3.8) is 0 Å². The van der Waals surface area contributed by atoms with Crippen molar-refractivity contribution in [1.29, 1.82) is 0 Å². The van der Waals surface area contributed by atoms with Crippen molar-refractivity contribution in [3.05, 3.63) is 40.8 Å². The lowest BCUT2D eigenvalue weighted by Gasteiger charge is -2.28. The lowest BCUT2D eigenvalue weighted by atomic mass is 10.00. The predicted molar refractivity (Wildman–Crippen MR) is 107 cm³/mol. The van der Waals surface area contributed by atoms with Gasteiger partial charge in [-0.1, -0.05) is 31.7 Å². The number of pyridine rings is 1. The fourth-order valence-electron chi connectivity index (χ4n) is 4.52. The number of rotatable bonds is 6. The van der Waals surface area contributed by atoms with Crippen LogP contribution >= 0.6 is 0 Å². The van der Waals surface area contributed by atoms with E-state index in [1.54, 1.807) is 0 Å². The van der Waals surface area contributed by atoms with Gasteiger partial charge in [0, 0.05) is 56.0 Å². The number of nitrogens with zero attached hydrogens (tertiary/aromatic N) is 4. The molecular formula is C22H30N4O2. The van der Waals surface area contributed by atoms with Crippen LogP contribution in [0.5, 0.6) is 5.88 Å². The van der Waals surface area contributed by atoms with E-state index in [1.165, 1.54) is 31.4 Å². The number of fused-ring (bicyclic) bond motifs is 1. The van der Waals surface area contributed by atoms with Crippen LogP contribution in [0.2, 0.25) is 0 Å². The minimum absolute atomic E-state index is 0.286. The molecule has 6 nitrogen and oxygen atoms in total. The number of hydrogen-bond acceptors (Lipinski definition) is 4. The highest BCUT2D eigenvalue weighted by Crippen LogP contribution is 2.29. The third kappa shape index (κ3) is 4.21. The first-order valence-electron chi connectivity index (χ1n) is 10.5. The van der Waals surface area contributed by atoms with Gasteiger partial charge in [0.1, 0.15) is 12.3 Å². The second-order valence-corrected chi connectivity index (χ2v) is 8.16. The van der Waals surface area contributed by atoms with Crippen LogP contribution in [0.25, 0.3) is 0 Å². The second kappa shape index (κ2) is 8.33. The van der Waals surface area contributed by atoms with Crippen LogP contribution in [0.4, 0.5) is 0 Å². The number of aromatic nitrogens is 3. The zero-order valence-electron chi connectivity index (χ0n) is 17.0. The smallest absolute Gasteiger partial charge is 0.222 e. The SMILES string of the molecule is Cc1cccc(OCc2nn(C)c3c2CN(C(=O)CCC2CCCC2)CC3)n1. The largest absolute Gasteiger partial charge is 0.471 e. The van der Waals surface area contributed by atoms with Crippen LogP contribution in [-0.4, -0.2) is 32.1 Å². The maximum absolute atomic E-state index is 12.8. The van der Waals surface area contributed by atoms with E-state index in [2.05, 4.69) is 10.1 Å². The molecule has 0 radical (unpaired) electrons. The van der Waals surface area contributed by atoms with Crippen molar-refractivity contribution in [2.75, 3.05) is 6.54 Å². The zero-order valence-corrected chi connectivity index (χ0v) is 17.0. The van der Waals surface area contributed by atoms with Crippen LogP contribution in [0.1, 0.15) is 61.2 Å². The monoisotopic (exact) mass is 382 g/mol. The van der Waals surface area contributed by atoms with Crippen LogP contribution < -0.4 is 4.74 Å². The van der Waals surface area contributed by atoms with Crippen molar-refractivity contribution >= 4 is 5.91 Å². The van der Waals surface area contributed by atoms with E-state index in [9.17, 15) is 4.79 Å². The summed E-state index contributed by atoms with van der Waals surface area (Å²) in [5.74, 6) is 1.65. The molecule has 1 aliphatic heterocycles. The molecule has 3 heterocycles. The van der Waals surface area contributed by atoms with Crippen LogP contribution in [0.15, 0.2) is 18.2 Å². The maximum Gasteiger partial charge on any atom is 0.222 e. The molecule has 0 spiro atoms. The standard InChI is InChI=1S/C22H30N4O2/c1-16-6-5-9-21(23-16)28-15-19-18-14-26(13-12-20(18)25(2)24-19)22(27)11-10-17-7-3-4-8-17/h5-6,9,17H,3-4,7-8,10-15H2,1-2H3. The van der Waals surface area contributed by atoms with E-state index in [0.29, 0.717) is 25.5 Å². The number of amides is 1. The molecule has 6 heteroatoms. The van der Waals surface area contributed by atoms with Crippen molar-refractivity contribution in [2.45, 2.75) is 65.0 Å². The minimum Gasteiger partial charge on any atom is -0.471 e. The summed E-state index contributed by atoms with van der Waals surface area (Å²) in [5, 5.41) is 4.66. The van der Waals surface area contributed by atoms with Crippen LogP contribution in [-0.2, 0) is 31.4 Å². The highest BCUT2D eigenvalue weighted by atomic mass is 16.5. The number of ether oxygens (including phenoxy) is 1. The third-order valence-corrected chi connectivity index (χ3v) is 6.14.